The molecular formula is C16H14N6O2. The molecular weight excluding hydrogens is 308 g/mol. The summed E-state index contributed by atoms with van der Waals surface area (Å²) in [5.41, 5.74) is 3.05. The SMILES string of the molecule is O=C1CCC(C(=O)Nc2ccc(-c3ccc4nncn4n3)cc2)N1. The summed E-state index contributed by atoms with van der Waals surface area (Å²) in [6, 6.07) is 10.6. The van der Waals surface area contributed by atoms with Gasteiger partial charge >= 0.3 is 0 Å². The Kier molecular flexibility index (Phi) is 3.42. The first-order valence-corrected chi connectivity index (χ1v) is 7.57. The van der Waals surface area contributed by atoms with E-state index >= 15 is 0 Å². The number of hydrogen-bond acceptors (Lipinski definition) is 5. The van der Waals surface area contributed by atoms with E-state index in [9.17, 15) is 9.59 Å². The van der Waals surface area contributed by atoms with E-state index in [-0.39, 0.29) is 11.8 Å². The van der Waals surface area contributed by atoms with Gasteiger partial charge < -0.3 is 10.6 Å². The van der Waals surface area contributed by atoms with Crippen LogP contribution in [0.3, 0.4) is 0 Å². The van der Waals surface area contributed by atoms with Gasteiger partial charge in [0, 0.05) is 17.7 Å². The van der Waals surface area contributed by atoms with Gasteiger partial charge in [0.05, 0.1) is 5.69 Å². The summed E-state index contributed by atoms with van der Waals surface area (Å²) in [4.78, 5) is 23.3. The van der Waals surface area contributed by atoms with E-state index in [0.29, 0.717) is 24.2 Å². The lowest BCUT2D eigenvalue weighted by molar-refractivity contribution is -0.122. The van der Waals surface area contributed by atoms with E-state index in [2.05, 4.69) is 25.9 Å². The molecule has 1 aliphatic rings. The maximum Gasteiger partial charge on any atom is 0.246 e. The molecule has 1 atom stereocenters. The molecule has 3 heterocycles. The summed E-state index contributed by atoms with van der Waals surface area (Å²) in [5.74, 6) is -0.279. The van der Waals surface area contributed by atoms with Crippen molar-refractivity contribution in [2.45, 2.75) is 18.9 Å². The van der Waals surface area contributed by atoms with Gasteiger partial charge in [0.1, 0.15) is 12.4 Å². The van der Waals surface area contributed by atoms with E-state index in [1.807, 2.05) is 36.4 Å². The van der Waals surface area contributed by atoms with Crippen LogP contribution in [0.25, 0.3) is 16.9 Å². The molecule has 1 saturated heterocycles. The number of hydrogen-bond donors (Lipinski definition) is 2. The molecule has 24 heavy (non-hydrogen) atoms. The first kappa shape index (κ1) is 14.3. The van der Waals surface area contributed by atoms with Crippen molar-refractivity contribution in [3.05, 3.63) is 42.7 Å². The monoisotopic (exact) mass is 322 g/mol. The highest BCUT2D eigenvalue weighted by Gasteiger charge is 2.27. The molecule has 1 unspecified atom stereocenters. The van der Waals surface area contributed by atoms with Crippen molar-refractivity contribution in [3.63, 3.8) is 0 Å². The van der Waals surface area contributed by atoms with Crippen LogP contribution in [-0.4, -0.2) is 37.7 Å². The average Bonchev–Trinajstić information content (AvgIpc) is 3.23. The summed E-state index contributed by atoms with van der Waals surface area (Å²) >= 11 is 0. The van der Waals surface area contributed by atoms with Crippen LogP contribution in [0.1, 0.15) is 12.8 Å². The number of anilines is 1. The molecule has 1 aliphatic heterocycles. The Morgan fingerprint density at radius 3 is 2.79 bits per heavy atom. The van der Waals surface area contributed by atoms with Gasteiger partial charge in [0.25, 0.3) is 0 Å². The van der Waals surface area contributed by atoms with Crippen LogP contribution in [-0.2, 0) is 9.59 Å². The van der Waals surface area contributed by atoms with E-state index < -0.39 is 6.04 Å². The van der Waals surface area contributed by atoms with Crippen LogP contribution < -0.4 is 10.6 Å². The van der Waals surface area contributed by atoms with Crippen LogP contribution in [0.2, 0.25) is 0 Å². The first-order valence-electron chi connectivity index (χ1n) is 7.57. The van der Waals surface area contributed by atoms with Crippen molar-refractivity contribution in [3.8, 4) is 11.3 Å². The Morgan fingerprint density at radius 2 is 2.04 bits per heavy atom. The van der Waals surface area contributed by atoms with Crippen molar-refractivity contribution in [1.82, 2.24) is 25.1 Å². The molecule has 8 nitrogen and oxygen atoms in total. The zero-order valence-electron chi connectivity index (χ0n) is 12.6. The van der Waals surface area contributed by atoms with E-state index in [4.69, 9.17) is 0 Å². The topological polar surface area (TPSA) is 101 Å². The normalized spacial score (nSPS) is 17.0. The first-order chi connectivity index (χ1) is 11.7. The lowest BCUT2D eigenvalue weighted by atomic mass is 10.1. The molecule has 2 N–H and O–H groups in total. The standard InChI is InChI=1S/C16H14N6O2/c23-15-8-6-13(19-15)16(24)18-11-3-1-10(2-4-11)12-5-7-14-20-17-9-22(14)21-12/h1-5,7,9,13H,6,8H2,(H,18,24)(H,19,23). The van der Waals surface area contributed by atoms with Gasteiger partial charge in [0.15, 0.2) is 5.65 Å². The summed E-state index contributed by atoms with van der Waals surface area (Å²) < 4.78 is 1.60. The van der Waals surface area contributed by atoms with Crippen LogP contribution in [0.5, 0.6) is 0 Å². The van der Waals surface area contributed by atoms with Crippen LogP contribution in [0.4, 0.5) is 5.69 Å². The minimum Gasteiger partial charge on any atom is -0.344 e. The molecule has 1 aromatic carbocycles. The van der Waals surface area contributed by atoms with Gasteiger partial charge in [-0.25, -0.2) is 0 Å². The molecule has 8 heteroatoms. The predicted molar refractivity (Wildman–Crippen MR) is 86.0 cm³/mol. The largest absolute Gasteiger partial charge is 0.344 e. The summed E-state index contributed by atoms with van der Waals surface area (Å²) in [6.07, 6.45) is 2.48. The van der Waals surface area contributed by atoms with E-state index in [1.54, 1.807) is 10.8 Å². The van der Waals surface area contributed by atoms with Gasteiger partial charge in [-0.2, -0.15) is 9.61 Å². The minimum atomic E-state index is -0.449. The molecule has 0 saturated carbocycles. The van der Waals surface area contributed by atoms with Gasteiger partial charge in [-0.3, -0.25) is 9.59 Å². The summed E-state index contributed by atoms with van der Waals surface area (Å²) in [7, 11) is 0. The van der Waals surface area contributed by atoms with Gasteiger partial charge in [-0.15, -0.1) is 10.2 Å². The van der Waals surface area contributed by atoms with E-state index in [1.165, 1.54) is 0 Å². The van der Waals surface area contributed by atoms with Crippen molar-refractivity contribution < 1.29 is 9.59 Å². The predicted octanol–water partition coefficient (Wildman–Crippen LogP) is 1.01. The quantitative estimate of drug-likeness (QED) is 0.749. The molecule has 3 aromatic rings. The number of nitrogens with zero attached hydrogens (tertiary/aromatic N) is 4. The summed E-state index contributed by atoms with van der Waals surface area (Å²) in [5, 5.41) is 17.6. The maximum atomic E-state index is 12.1. The molecule has 0 bridgehead atoms. The van der Waals surface area contributed by atoms with Crippen molar-refractivity contribution in [2.75, 3.05) is 5.32 Å². The average molecular weight is 322 g/mol. The number of nitrogens with one attached hydrogen (secondary N) is 2. The van der Waals surface area contributed by atoms with Gasteiger partial charge in [-0.05, 0) is 30.7 Å². The molecule has 0 radical (unpaired) electrons. The van der Waals surface area contributed by atoms with Crippen molar-refractivity contribution >= 4 is 23.1 Å². The highest BCUT2D eigenvalue weighted by molar-refractivity contribution is 5.99. The highest BCUT2D eigenvalue weighted by atomic mass is 16.2. The number of benzene rings is 1. The highest BCUT2D eigenvalue weighted by Crippen LogP contribution is 2.20. The van der Waals surface area contributed by atoms with Gasteiger partial charge in [0.2, 0.25) is 11.8 Å². The molecule has 4 rings (SSSR count). The third kappa shape index (κ3) is 2.69. The molecule has 1 fully saturated rings. The third-order valence-electron chi connectivity index (χ3n) is 3.92. The Hall–Kier alpha value is -3.29. The Balaban J connectivity index is 1.49. The lowest BCUT2D eigenvalue weighted by Gasteiger charge is -2.11. The van der Waals surface area contributed by atoms with E-state index in [0.717, 1.165) is 11.3 Å². The molecule has 2 aromatic heterocycles. The lowest BCUT2D eigenvalue weighted by Crippen LogP contribution is -2.37. The van der Waals surface area contributed by atoms with Crippen molar-refractivity contribution in [1.29, 1.82) is 0 Å². The van der Waals surface area contributed by atoms with Crippen LogP contribution >= 0.6 is 0 Å². The Bertz CT molecular complexity index is 918. The number of fused-ring (bicyclic) bond motifs is 1. The zero-order valence-corrected chi connectivity index (χ0v) is 12.6. The second kappa shape index (κ2) is 5.73. The Labute approximate surface area is 136 Å². The number of aromatic nitrogens is 4. The smallest absolute Gasteiger partial charge is 0.246 e. The number of carbonyl (C=O) groups is 2. The molecule has 0 spiro atoms. The maximum absolute atomic E-state index is 12.1. The van der Waals surface area contributed by atoms with Gasteiger partial charge in [-0.1, -0.05) is 12.1 Å². The minimum absolute atomic E-state index is 0.0824. The number of amides is 2. The van der Waals surface area contributed by atoms with Crippen LogP contribution in [0, 0.1) is 0 Å². The molecule has 0 aliphatic carbocycles. The molecule has 2 amide bonds. The van der Waals surface area contributed by atoms with Crippen molar-refractivity contribution in [2.24, 2.45) is 0 Å². The summed E-state index contributed by atoms with van der Waals surface area (Å²) in [6.45, 7) is 0. The van der Waals surface area contributed by atoms with Crippen LogP contribution in [0.15, 0.2) is 42.7 Å². The fourth-order valence-corrected chi connectivity index (χ4v) is 2.65. The molecule has 120 valence electrons. The second-order valence-electron chi connectivity index (χ2n) is 5.58. The number of rotatable bonds is 3. The second-order valence-corrected chi connectivity index (χ2v) is 5.58. The fraction of sp³-hybridized carbons (Fsp3) is 0.188. The fourth-order valence-electron chi connectivity index (χ4n) is 2.65. The zero-order chi connectivity index (χ0) is 16.5. The number of carbonyl (C=O) groups excluding carboxylic acids is 2. The third-order valence-corrected chi connectivity index (χ3v) is 3.92. The Morgan fingerprint density at radius 1 is 1.21 bits per heavy atom.